The smallest absolute Gasteiger partial charge is 0.410 e. The highest BCUT2D eigenvalue weighted by Crippen LogP contribution is 2.30. The van der Waals surface area contributed by atoms with Gasteiger partial charge in [0.05, 0.1) is 16.7 Å². The molecule has 0 radical (unpaired) electrons. The van der Waals surface area contributed by atoms with E-state index in [1.807, 2.05) is 52.3 Å². The molecular formula is C35H38ClN7O4. The topological polar surface area (TPSA) is 124 Å². The minimum Gasteiger partial charge on any atom is -0.436 e. The van der Waals surface area contributed by atoms with Crippen LogP contribution in [0.5, 0.6) is 0 Å². The molecule has 5 heterocycles. The van der Waals surface area contributed by atoms with Gasteiger partial charge in [0.25, 0.3) is 5.91 Å². The molecule has 2 fully saturated rings. The van der Waals surface area contributed by atoms with Gasteiger partial charge in [0.15, 0.2) is 6.10 Å². The third kappa shape index (κ3) is 6.76. The molecule has 244 valence electrons. The van der Waals surface area contributed by atoms with Crippen LogP contribution in [-0.2, 0) is 22.4 Å². The minimum atomic E-state index is -1.01. The van der Waals surface area contributed by atoms with Crippen molar-refractivity contribution in [2.45, 2.75) is 56.6 Å². The fourth-order valence-corrected chi connectivity index (χ4v) is 7.44. The summed E-state index contributed by atoms with van der Waals surface area (Å²) in [6, 6.07) is 15.6. The van der Waals surface area contributed by atoms with Gasteiger partial charge in [0, 0.05) is 68.7 Å². The summed E-state index contributed by atoms with van der Waals surface area (Å²) >= 11 is 6.52. The van der Waals surface area contributed by atoms with E-state index in [4.69, 9.17) is 16.3 Å². The van der Waals surface area contributed by atoms with Crippen molar-refractivity contribution >= 4 is 46.2 Å². The largest absolute Gasteiger partial charge is 0.436 e. The summed E-state index contributed by atoms with van der Waals surface area (Å²) in [5, 5.41) is 11.3. The normalized spacial score (nSPS) is 18.4. The second kappa shape index (κ2) is 13.6. The number of fused-ring (bicyclic) bond motifs is 2. The van der Waals surface area contributed by atoms with Crippen LogP contribution in [0.25, 0.3) is 10.9 Å². The maximum atomic E-state index is 14.0. The SMILES string of the molecule is O=C(O[C@H](Cc1cc(Cl)c2[nH]ncc2c1)C(=O)N1CCC(c2ccncc2)CC1)N1CCC(N2CCc3ccccc3NC2=O)CC1. The van der Waals surface area contributed by atoms with Crippen LogP contribution < -0.4 is 5.32 Å². The molecule has 4 amide bonds. The van der Waals surface area contributed by atoms with E-state index in [0.717, 1.165) is 47.0 Å². The molecule has 1 atom stereocenters. The number of hydrogen-bond donors (Lipinski definition) is 2. The zero-order valence-electron chi connectivity index (χ0n) is 26.1. The number of hydrogen-bond acceptors (Lipinski definition) is 6. The zero-order chi connectivity index (χ0) is 32.3. The van der Waals surface area contributed by atoms with Crippen molar-refractivity contribution in [2.75, 3.05) is 38.0 Å². The molecule has 47 heavy (non-hydrogen) atoms. The second-order valence-corrected chi connectivity index (χ2v) is 13.0. The van der Waals surface area contributed by atoms with Crippen molar-refractivity contribution in [3.05, 3.63) is 88.8 Å². The van der Waals surface area contributed by atoms with E-state index < -0.39 is 12.2 Å². The molecule has 11 nitrogen and oxygen atoms in total. The van der Waals surface area contributed by atoms with Crippen LogP contribution in [0, 0.1) is 0 Å². The second-order valence-electron chi connectivity index (χ2n) is 12.6. The first kappa shape index (κ1) is 31.0. The average molecular weight is 656 g/mol. The lowest BCUT2D eigenvalue weighted by Crippen LogP contribution is -2.51. The number of aromatic nitrogens is 3. The quantitative estimate of drug-likeness (QED) is 0.278. The van der Waals surface area contributed by atoms with Crippen molar-refractivity contribution < 1.29 is 19.1 Å². The van der Waals surface area contributed by atoms with Crippen LogP contribution in [0.3, 0.4) is 0 Å². The minimum absolute atomic E-state index is 0.0105. The van der Waals surface area contributed by atoms with Crippen LogP contribution >= 0.6 is 11.6 Å². The molecule has 2 aromatic carbocycles. The number of anilines is 1. The Labute approximate surface area is 278 Å². The average Bonchev–Trinajstić information content (AvgIpc) is 3.52. The van der Waals surface area contributed by atoms with E-state index in [-0.39, 0.29) is 24.4 Å². The van der Waals surface area contributed by atoms with Crippen molar-refractivity contribution in [1.29, 1.82) is 0 Å². The number of benzene rings is 2. The molecule has 0 spiro atoms. The number of nitrogens with zero attached hydrogens (tertiary/aromatic N) is 5. The molecule has 0 unspecified atom stereocenters. The van der Waals surface area contributed by atoms with E-state index >= 15 is 0 Å². The number of H-pyrrole nitrogens is 1. The van der Waals surface area contributed by atoms with Crippen molar-refractivity contribution in [3.8, 4) is 0 Å². The highest BCUT2D eigenvalue weighted by molar-refractivity contribution is 6.35. The van der Waals surface area contributed by atoms with Gasteiger partial charge in [-0.2, -0.15) is 5.10 Å². The Morgan fingerprint density at radius 3 is 2.49 bits per heavy atom. The molecule has 3 aliphatic heterocycles. The van der Waals surface area contributed by atoms with Crippen molar-refractivity contribution in [3.63, 3.8) is 0 Å². The Morgan fingerprint density at radius 2 is 1.70 bits per heavy atom. The summed E-state index contributed by atoms with van der Waals surface area (Å²) in [5.74, 6) is 0.151. The van der Waals surface area contributed by atoms with Crippen LogP contribution in [0.15, 0.2) is 67.1 Å². The Hall–Kier alpha value is -4.64. The zero-order valence-corrected chi connectivity index (χ0v) is 26.9. The van der Waals surface area contributed by atoms with Gasteiger partial charge in [-0.15, -0.1) is 0 Å². The molecule has 2 saturated heterocycles. The molecule has 2 N–H and O–H groups in total. The maximum Gasteiger partial charge on any atom is 0.410 e. The van der Waals surface area contributed by atoms with Gasteiger partial charge in [-0.3, -0.25) is 14.9 Å². The molecule has 0 bridgehead atoms. The number of para-hydroxylation sites is 1. The number of ether oxygens (including phenoxy) is 1. The van der Waals surface area contributed by atoms with Crippen molar-refractivity contribution in [2.24, 2.45) is 0 Å². The summed E-state index contributed by atoms with van der Waals surface area (Å²) in [6.07, 6.45) is 7.65. The highest BCUT2D eigenvalue weighted by Gasteiger charge is 2.35. The predicted octanol–water partition coefficient (Wildman–Crippen LogP) is 5.62. The number of nitrogens with one attached hydrogen (secondary N) is 2. The number of urea groups is 1. The number of pyridine rings is 1. The molecule has 0 saturated carbocycles. The fourth-order valence-electron chi connectivity index (χ4n) is 7.15. The van der Waals surface area contributed by atoms with Gasteiger partial charge in [-0.25, -0.2) is 9.59 Å². The molecule has 7 rings (SSSR count). The summed E-state index contributed by atoms with van der Waals surface area (Å²) in [5.41, 5.74) is 4.71. The van der Waals surface area contributed by atoms with Gasteiger partial charge in [-0.05, 0) is 85.0 Å². The number of likely N-dealkylation sites (tertiary alicyclic amines) is 2. The van der Waals surface area contributed by atoms with Gasteiger partial charge >= 0.3 is 12.1 Å². The first-order valence-electron chi connectivity index (χ1n) is 16.3. The Balaban J connectivity index is 1.01. The lowest BCUT2D eigenvalue weighted by atomic mass is 9.90. The van der Waals surface area contributed by atoms with E-state index in [9.17, 15) is 14.4 Å². The van der Waals surface area contributed by atoms with Gasteiger partial charge in [0.2, 0.25) is 0 Å². The third-order valence-corrected chi connectivity index (χ3v) is 10.1. The molecule has 0 aliphatic carbocycles. The lowest BCUT2D eigenvalue weighted by Gasteiger charge is -2.38. The van der Waals surface area contributed by atoms with E-state index in [1.54, 1.807) is 29.6 Å². The number of halogens is 1. The predicted molar refractivity (Wildman–Crippen MR) is 178 cm³/mol. The summed E-state index contributed by atoms with van der Waals surface area (Å²) in [7, 11) is 0. The van der Waals surface area contributed by atoms with Gasteiger partial charge in [0.1, 0.15) is 0 Å². The third-order valence-electron chi connectivity index (χ3n) is 9.79. The van der Waals surface area contributed by atoms with Crippen LogP contribution in [0.2, 0.25) is 5.02 Å². The van der Waals surface area contributed by atoms with Gasteiger partial charge in [-0.1, -0.05) is 29.8 Å². The van der Waals surface area contributed by atoms with Crippen LogP contribution in [-0.4, -0.2) is 92.8 Å². The number of amides is 4. The molecule has 12 heteroatoms. The number of aromatic amines is 1. The van der Waals surface area contributed by atoms with E-state index in [2.05, 4.69) is 20.5 Å². The summed E-state index contributed by atoms with van der Waals surface area (Å²) in [6.45, 7) is 2.65. The van der Waals surface area contributed by atoms with Crippen molar-refractivity contribution in [1.82, 2.24) is 29.9 Å². The number of carbonyl (C=O) groups excluding carboxylic acids is 3. The monoisotopic (exact) mass is 655 g/mol. The Morgan fingerprint density at radius 1 is 0.957 bits per heavy atom. The summed E-state index contributed by atoms with van der Waals surface area (Å²) in [4.78, 5) is 50.2. The molecule has 3 aliphatic rings. The van der Waals surface area contributed by atoms with E-state index in [0.29, 0.717) is 56.5 Å². The molecule has 4 aromatic rings. The van der Waals surface area contributed by atoms with Crippen LogP contribution in [0.1, 0.15) is 48.3 Å². The Kier molecular flexibility index (Phi) is 8.97. The number of carbonyl (C=O) groups is 3. The molecular weight excluding hydrogens is 618 g/mol. The molecule has 2 aromatic heterocycles. The number of rotatable bonds is 6. The lowest BCUT2D eigenvalue weighted by molar-refractivity contribution is -0.142. The van der Waals surface area contributed by atoms with E-state index in [1.165, 1.54) is 5.56 Å². The first-order chi connectivity index (χ1) is 22.9. The standard InChI is InChI=1S/C35H38ClN7O4/c36-29-20-23(19-27-22-38-40-32(27)29)21-31(33(44)41-14-7-25(8-15-41)24-5-12-37-13-6-24)47-35(46)42-16-10-28(11-17-42)43-18-9-26-3-1-2-4-30(26)39-34(43)45/h1-6,12-13,19-20,22,25,28,31H,7-11,14-18,21H2,(H,38,40)(H,39,45)/t31-/m1/s1. The number of piperidine rings is 2. The maximum absolute atomic E-state index is 14.0. The fraction of sp³-hybridized carbons (Fsp3) is 0.400. The highest BCUT2D eigenvalue weighted by atomic mass is 35.5. The van der Waals surface area contributed by atoms with Gasteiger partial charge < -0.3 is 24.8 Å². The first-order valence-corrected chi connectivity index (χ1v) is 16.7. The van der Waals surface area contributed by atoms with Crippen LogP contribution in [0.4, 0.5) is 15.3 Å². The summed E-state index contributed by atoms with van der Waals surface area (Å²) < 4.78 is 6.05. The Bertz CT molecular complexity index is 1750.